The number of esters is 1. The van der Waals surface area contributed by atoms with Crippen LogP contribution >= 0.6 is 0 Å². The maximum Gasteiger partial charge on any atom is 0.341 e. The van der Waals surface area contributed by atoms with E-state index in [-0.39, 0.29) is 0 Å². The van der Waals surface area contributed by atoms with Crippen LogP contribution in [-0.4, -0.2) is 19.7 Å². The van der Waals surface area contributed by atoms with Gasteiger partial charge in [0.25, 0.3) is 0 Å². The molecule has 2 N–H and O–H groups in total. The third kappa shape index (κ3) is 3.95. The molecule has 0 heterocycles. The zero-order valence-electron chi connectivity index (χ0n) is 11.2. The van der Waals surface area contributed by atoms with Crippen molar-refractivity contribution in [2.75, 3.05) is 19.5 Å². The van der Waals surface area contributed by atoms with Crippen LogP contribution in [0.15, 0.2) is 18.2 Å². The molecule has 0 aliphatic heterocycles. The maximum atomic E-state index is 11.6. The van der Waals surface area contributed by atoms with Crippen LogP contribution in [0.4, 0.5) is 5.69 Å². The van der Waals surface area contributed by atoms with Gasteiger partial charge in [-0.15, -0.1) is 0 Å². The van der Waals surface area contributed by atoms with Gasteiger partial charge in [0.1, 0.15) is 11.3 Å². The average molecular weight is 251 g/mol. The summed E-state index contributed by atoms with van der Waals surface area (Å²) in [5.74, 6) is 0.528. The van der Waals surface area contributed by atoms with Crippen LogP contribution in [-0.2, 0) is 4.74 Å². The van der Waals surface area contributed by atoms with Crippen LogP contribution in [0.5, 0.6) is 5.75 Å². The molecule has 1 rings (SSSR count). The smallest absolute Gasteiger partial charge is 0.341 e. The molecule has 0 aliphatic rings. The summed E-state index contributed by atoms with van der Waals surface area (Å²) >= 11 is 0. The Balaban J connectivity index is 2.79. The second kappa shape index (κ2) is 6.89. The molecule has 1 unspecified atom stereocenters. The van der Waals surface area contributed by atoms with Gasteiger partial charge in [-0.1, -0.05) is 20.3 Å². The lowest BCUT2D eigenvalue weighted by atomic mass is 10.1. The van der Waals surface area contributed by atoms with Crippen molar-refractivity contribution in [3.63, 3.8) is 0 Å². The lowest BCUT2D eigenvalue weighted by molar-refractivity contribution is 0.0595. The minimum absolute atomic E-state index is 0.409. The molecule has 0 aliphatic carbocycles. The Morgan fingerprint density at radius 2 is 2.17 bits per heavy atom. The lowest BCUT2D eigenvalue weighted by Crippen LogP contribution is -2.12. The van der Waals surface area contributed by atoms with Crippen molar-refractivity contribution in [1.82, 2.24) is 0 Å². The van der Waals surface area contributed by atoms with Crippen LogP contribution < -0.4 is 10.5 Å². The molecule has 0 fully saturated rings. The minimum atomic E-state index is -0.409. The maximum absolute atomic E-state index is 11.6. The van der Waals surface area contributed by atoms with Crippen molar-refractivity contribution in [3.8, 4) is 5.75 Å². The van der Waals surface area contributed by atoms with Gasteiger partial charge >= 0.3 is 5.97 Å². The van der Waals surface area contributed by atoms with Crippen molar-refractivity contribution in [1.29, 1.82) is 0 Å². The van der Waals surface area contributed by atoms with Crippen molar-refractivity contribution in [3.05, 3.63) is 23.8 Å². The number of ether oxygens (including phenoxy) is 2. The molecule has 100 valence electrons. The van der Waals surface area contributed by atoms with E-state index >= 15 is 0 Å². The van der Waals surface area contributed by atoms with E-state index in [4.69, 9.17) is 15.2 Å². The molecule has 0 amide bonds. The number of nitrogens with two attached hydrogens (primary N) is 1. The average Bonchev–Trinajstić information content (AvgIpc) is 2.36. The summed E-state index contributed by atoms with van der Waals surface area (Å²) in [5, 5.41) is 0. The SMILES string of the molecule is CCCC(C)COc1cc(N)ccc1C(=O)OC. The van der Waals surface area contributed by atoms with Gasteiger partial charge in [-0.05, 0) is 24.5 Å². The molecule has 4 heteroatoms. The van der Waals surface area contributed by atoms with Gasteiger partial charge in [-0.3, -0.25) is 0 Å². The monoisotopic (exact) mass is 251 g/mol. The molecule has 0 saturated carbocycles. The van der Waals surface area contributed by atoms with Crippen LogP contribution in [0.1, 0.15) is 37.0 Å². The second-order valence-corrected chi connectivity index (χ2v) is 4.45. The van der Waals surface area contributed by atoms with Crippen molar-refractivity contribution in [2.24, 2.45) is 5.92 Å². The number of rotatable bonds is 6. The molecular formula is C14H21NO3. The quantitative estimate of drug-likeness (QED) is 0.623. The first kappa shape index (κ1) is 14.4. The van der Waals surface area contributed by atoms with Crippen LogP contribution in [0.2, 0.25) is 0 Å². The molecule has 4 nitrogen and oxygen atoms in total. The lowest BCUT2D eigenvalue weighted by Gasteiger charge is -2.14. The molecule has 1 aromatic rings. The topological polar surface area (TPSA) is 61.5 Å². The first-order valence-electron chi connectivity index (χ1n) is 6.19. The highest BCUT2D eigenvalue weighted by Crippen LogP contribution is 2.23. The Kier molecular flexibility index (Phi) is 5.49. The highest BCUT2D eigenvalue weighted by atomic mass is 16.5. The van der Waals surface area contributed by atoms with Gasteiger partial charge in [0.05, 0.1) is 13.7 Å². The molecule has 1 atom stereocenters. The van der Waals surface area contributed by atoms with E-state index in [1.807, 2.05) is 0 Å². The number of carbonyl (C=O) groups is 1. The van der Waals surface area contributed by atoms with Crippen molar-refractivity contribution in [2.45, 2.75) is 26.7 Å². The number of methoxy groups -OCH3 is 1. The van der Waals surface area contributed by atoms with Gasteiger partial charge in [0, 0.05) is 11.8 Å². The Morgan fingerprint density at radius 1 is 1.44 bits per heavy atom. The van der Waals surface area contributed by atoms with Gasteiger partial charge in [0.2, 0.25) is 0 Å². The number of benzene rings is 1. The van der Waals surface area contributed by atoms with Crippen LogP contribution in [0.25, 0.3) is 0 Å². The Hall–Kier alpha value is -1.71. The molecule has 18 heavy (non-hydrogen) atoms. The van der Waals surface area contributed by atoms with Crippen LogP contribution in [0, 0.1) is 5.92 Å². The number of hydrogen-bond acceptors (Lipinski definition) is 4. The fraction of sp³-hybridized carbons (Fsp3) is 0.500. The van der Waals surface area contributed by atoms with E-state index in [1.54, 1.807) is 18.2 Å². The highest BCUT2D eigenvalue weighted by molar-refractivity contribution is 5.93. The van der Waals surface area contributed by atoms with Gasteiger partial charge in [-0.25, -0.2) is 4.79 Å². The zero-order chi connectivity index (χ0) is 13.5. The Bertz CT molecular complexity index is 404. The van der Waals surface area contributed by atoms with E-state index in [9.17, 15) is 4.79 Å². The van der Waals surface area contributed by atoms with Gasteiger partial charge in [-0.2, -0.15) is 0 Å². The molecule has 0 radical (unpaired) electrons. The first-order valence-corrected chi connectivity index (χ1v) is 6.19. The first-order chi connectivity index (χ1) is 8.58. The molecule has 0 bridgehead atoms. The molecule has 0 spiro atoms. The van der Waals surface area contributed by atoms with Gasteiger partial charge < -0.3 is 15.2 Å². The second-order valence-electron chi connectivity index (χ2n) is 4.45. The summed E-state index contributed by atoms with van der Waals surface area (Å²) in [5.41, 5.74) is 6.68. The number of anilines is 1. The fourth-order valence-electron chi connectivity index (χ4n) is 1.75. The van der Waals surface area contributed by atoms with E-state index in [0.29, 0.717) is 29.5 Å². The molecular weight excluding hydrogens is 230 g/mol. The third-order valence-corrected chi connectivity index (χ3v) is 2.72. The number of carbonyl (C=O) groups excluding carboxylic acids is 1. The predicted octanol–water partition coefficient (Wildman–Crippen LogP) is 2.87. The molecule has 0 aromatic heterocycles. The van der Waals surface area contributed by atoms with E-state index < -0.39 is 5.97 Å². The summed E-state index contributed by atoms with van der Waals surface area (Å²) in [6.07, 6.45) is 2.21. The van der Waals surface area contributed by atoms with E-state index in [1.165, 1.54) is 7.11 Å². The Labute approximate surface area is 108 Å². The summed E-state index contributed by atoms with van der Waals surface area (Å²) in [6.45, 7) is 4.83. The largest absolute Gasteiger partial charge is 0.492 e. The predicted molar refractivity (Wildman–Crippen MR) is 71.8 cm³/mol. The zero-order valence-corrected chi connectivity index (χ0v) is 11.2. The van der Waals surface area contributed by atoms with Crippen LogP contribution in [0.3, 0.4) is 0 Å². The number of nitrogen functional groups attached to an aromatic ring is 1. The van der Waals surface area contributed by atoms with Gasteiger partial charge in [0.15, 0.2) is 0 Å². The molecule has 1 aromatic carbocycles. The van der Waals surface area contributed by atoms with E-state index in [2.05, 4.69) is 13.8 Å². The molecule has 0 saturated heterocycles. The Morgan fingerprint density at radius 3 is 2.78 bits per heavy atom. The van der Waals surface area contributed by atoms with Crippen molar-refractivity contribution < 1.29 is 14.3 Å². The summed E-state index contributed by atoms with van der Waals surface area (Å²) in [7, 11) is 1.35. The fourth-order valence-corrected chi connectivity index (χ4v) is 1.75. The highest BCUT2D eigenvalue weighted by Gasteiger charge is 2.14. The normalized spacial score (nSPS) is 11.9. The third-order valence-electron chi connectivity index (χ3n) is 2.72. The van der Waals surface area contributed by atoms with Crippen molar-refractivity contribution >= 4 is 11.7 Å². The minimum Gasteiger partial charge on any atom is -0.492 e. The summed E-state index contributed by atoms with van der Waals surface area (Å²) < 4.78 is 10.4. The summed E-state index contributed by atoms with van der Waals surface area (Å²) in [4.78, 5) is 11.6. The van der Waals surface area contributed by atoms with E-state index in [0.717, 1.165) is 12.8 Å². The number of hydrogen-bond donors (Lipinski definition) is 1. The summed E-state index contributed by atoms with van der Waals surface area (Å²) in [6, 6.07) is 4.94. The standard InChI is InChI=1S/C14H21NO3/c1-4-5-10(2)9-18-13-8-11(15)6-7-12(13)14(16)17-3/h6-8,10H,4-5,9,15H2,1-3H3.